The highest BCUT2D eigenvalue weighted by molar-refractivity contribution is 6.30. The summed E-state index contributed by atoms with van der Waals surface area (Å²) in [6.07, 6.45) is 1.42. The van der Waals surface area contributed by atoms with Crippen molar-refractivity contribution >= 4 is 34.9 Å². The van der Waals surface area contributed by atoms with Crippen LogP contribution in [0.4, 0.5) is 21.9 Å². The number of nitro groups is 1. The fraction of sp³-hybridized carbons (Fsp3) is 0.375. The number of hydrogen-bond donors (Lipinski definition) is 1. The number of nitro benzene ring substituents is 1. The third kappa shape index (κ3) is 3.12. The number of urea groups is 1. The van der Waals surface area contributed by atoms with Gasteiger partial charge in [0.1, 0.15) is 5.75 Å². The van der Waals surface area contributed by atoms with E-state index in [0.29, 0.717) is 30.0 Å². The summed E-state index contributed by atoms with van der Waals surface area (Å²) < 4.78 is 5.17. The van der Waals surface area contributed by atoms with Crippen LogP contribution in [0.2, 0.25) is 0 Å². The monoisotopic (exact) mass is 464 g/mol. The topological polar surface area (TPSA) is 122 Å². The molecule has 2 aromatic rings. The molecule has 176 valence electrons. The van der Waals surface area contributed by atoms with Gasteiger partial charge in [0.2, 0.25) is 5.91 Å². The number of amides is 4. The Labute approximate surface area is 195 Å². The van der Waals surface area contributed by atoms with Gasteiger partial charge in [-0.25, -0.2) is 9.69 Å². The second-order valence-corrected chi connectivity index (χ2v) is 9.15. The van der Waals surface area contributed by atoms with E-state index in [1.165, 1.54) is 19.2 Å². The maximum absolute atomic E-state index is 14.1. The molecule has 0 saturated carbocycles. The summed E-state index contributed by atoms with van der Waals surface area (Å²) in [6, 6.07) is 9.72. The van der Waals surface area contributed by atoms with E-state index in [2.05, 4.69) is 12.2 Å². The molecule has 4 amide bonds. The van der Waals surface area contributed by atoms with Gasteiger partial charge in [0.15, 0.2) is 5.41 Å². The average molecular weight is 464 g/mol. The minimum Gasteiger partial charge on any atom is -0.497 e. The lowest BCUT2D eigenvalue weighted by Crippen LogP contribution is -2.73. The Morgan fingerprint density at radius 3 is 2.56 bits per heavy atom. The second kappa shape index (κ2) is 7.82. The summed E-state index contributed by atoms with van der Waals surface area (Å²) >= 11 is 0. The zero-order valence-corrected chi connectivity index (χ0v) is 18.8. The number of anilines is 2. The normalized spacial score (nSPS) is 26.1. The lowest BCUT2D eigenvalue weighted by atomic mass is 9.64. The molecule has 10 heteroatoms. The Hall–Kier alpha value is -3.95. The number of nitrogens with zero attached hydrogens (tertiary/aromatic N) is 3. The zero-order chi connectivity index (χ0) is 24.2. The van der Waals surface area contributed by atoms with Gasteiger partial charge in [0.05, 0.1) is 23.8 Å². The first-order valence-electron chi connectivity index (χ1n) is 11.1. The number of non-ortho nitro benzene ring substituents is 1. The lowest BCUT2D eigenvalue weighted by Gasteiger charge is -2.54. The van der Waals surface area contributed by atoms with Gasteiger partial charge in [-0.2, -0.15) is 0 Å². The molecule has 3 aliphatic rings. The number of benzene rings is 2. The summed E-state index contributed by atoms with van der Waals surface area (Å²) in [6.45, 7) is 2.68. The van der Waals surface area contributed by atoms with Crippen LogP contribution in [-0.4, -0.2) is 42.5 Å². The molecule has 2 aromatic carbocycles. The highest BCUT2D eigenvalue weighted by Gasteiger charge is 2.63. The van der Waals surface area contributed by atoms with E-state index in [9.17, 15) is 24.5 Å². The predicted molar refractivity (Wildman–Crippen MR) is 123 cm³/mol. The Balaban J connectivity index is 1.66. The number of piperidine rings is 1. The predicted octanol–water partition coefficient (Wildman–Crippen LogP) is 3.03. The molecule has 1 spiro atoms. The Bertz CT molecular complexity index is 1210. The first-order chi connectivity index (χ1) is 16.3. The van der Waals surface area contributed by atoms with Crippen LogP contribution in [-0.2, 0) is 16.0 Å². The van der Waals surface area contributed by atoms with Crippen molar-refractivity contribution in [1.82, 2.24) is 5.32 Å². The van der Waals surface area contributed by atoms with Crippen LogP contribution in [0.1, 0.15) is 25.3 Å². The second-order valence-electron chi connectivity index (χ2n) is 9.15. The van der Waals surface area contributed by atoms with E-state index in [0.717, 1.165) is 17.0 Å². The maximum Gasteiger partial charge on any atom is 0.335 e. The quantitative estimate of drug-likeness (QED) is 0.421. The molecule has 2 fully saturated rings. The highest BCUT2D eigenvalue weighted by Crippen LogP contribution is 2.49. The number of fused-ring (bicyclic) bond motifs is 4. The van der Waals surface area contributed by atoms with E-state index in [1.54, 1.807) is 30.3 Å². The van der Waals surface area contributed by atoms with Crippen molar-refractivity contribution in [3.8, 4) is 5.75 Å². The van der Waals surface area contributed by atoms with Crippen molar-refractivity contribution in [2.75, 3.05) is 23.5 Å². The Morgan fingerprint density at radius 2 is 1.88 bits per heavy atom. The number of carbonyl (C=O) groups is 3. The first kappa shape index (κ1) is 21.9. The highest BCUT2D eigenvalue weighted by atomic mass is 16.6. The largest absolute Gasteiger partial charge is 0.497 e. The van der Waals surface area contributed by atoms with Gasteiger partial charge in [-0.3, -0.25) is 25.0 Å². The maximum atomic E-state index is 14.1. The van der Waals surface area contributed by atoms with Crippen LogP contribution in [0, 0.1) is 21.4 Å². The van der Waals surface area contributed by atoms with E-state index in [4.69, 9.17) is 4.74 Å². The van der Waals surface area contributed by atoms with Crippen molar-refractivity contribution in [3.63, 3.8) is 0 Å². The van der Waals surface area contributed by atoms with Crippen LogP contribution in [0.25, 0.3) is 0 Å². The van der Waals surface area contributed by atoms with Crippen LogP contribution >= 0.6 is 0 Å². The van der Waals surface area contributed by atoms with Gasteiger partial charge in [-0.15, -0.1) is 0 Å². The third-order valence-electron chi connectivity index (χ3n) is 7.23. The van der Waals surface area contributed by atoms with Crippen molar-refractivity contribution < 1.29 is 24.0 Å². The Kier molecular flexibility index (Phi) is 5.03. The summed E-state index contributed by atoms with van der Waals surface area (Å²) in [7, 11) is 1.51. The van der Waals surface area contributed by atoms with Crippen molar-refractivity contribution in [3.05, 3.63) is 58.1 Å². The van der Waals surface area contributed by atoms with E-state index < -0.39 is 34.2 Å². The molecule has 0 radical (unpaired) electrons. The van der Waals surface area contributed by atoms with Crippen molar-refractivity contribution in [2.24, 2.45) is 11.3 Å². The first-order valence-corrected chi connectivity index (χ1v) is 11.1. The fourth-order valence-corrected chi connectivity index (χ4v) is 5.49. The smallest absolute Gasteiger partial charge is 0.335 e. The van der Waals surface area contributed by atoms with Crippen LogP contribution in [0.5, 0.6) is 5.75 Å². The summed E-state index contributed by atoms with van der Waals surface area (Å²) in [5.41, 5.74) is -0.0425. The number of hydrogen-bond acceptors (Lipinski definition) is 7. The van der Waals surface area contributed by atoms with Crippen LogP contribution < -0.4 is 19.9 Å². The van der Waals surface area contributed by atoms with Crippen LogP contribution in [0.15, 0.2) is 42.5 Å². The summed E-state index contributed by atoms with van der Waals surface area (Å²) in [4.78, 5) is 54.4. The number of barbiturate groups is 1. The van der Waals surface area contributed by atoms with E-state index in [1.807, 2.05) is 4.90 Å². The molecular weight excluding hydrogens is 440 g/mol. The van der Waals surface area contributed by atoms with E-state index in [-0.39, 0.29) is 18.0 Å². The molecule has 0 bridgehead atoms. The standard InChI is InChI=1S/C24H24N4O6/c1-14-9-10-26-19-8-5-17(28(32)33)12-15(19)13-24(20(26)11-14)21(29)25-23(31)27(22(24)30)16-3-6-18(34-2)7-4-16/h3-8,12,14,20H,9-11,13H2,1-2H3,(H,25,29,31)/t14-,20-,24-/m1/s1. The van der Waals surface area contributed by atoms with Crippen molar-refractivity contribution in [1.29, 1.82) is 0 Å². The number of rotatable bonds is 3. The summed E-state index contributed by atoms with van der Waals surface area (Å²) in [5.74, 6) is -0.447. The minimum atomic E-state index is -1.59. The number of nitrogens with one attached hydrogen (secondary N) is 1. The van der Waals surface area contributed by atoms with Gasteiger partial charge in [0, 0.05) is 30.8 Å². The number of methoxy groups -OCH3 is 1. The van der Waals surface area contributed by atoms with Gasteiger partial charge in [-0.1, -0.05) is 6.92 Å². The molecule has 2 saturated heterocycles. The molecule has 10 nitrogen and oxygen atoms in total. The molecule has 0 aliphatic carbocycles. The molecule has 5 rings (SSSR count). The van der Waals surface area contributed by atoms with E-state index >= 15 is 0 Å². The molecule has 0 unspecified atom stereocenters. The van der Waals surface area contributed by atoms with Gasteiger partial charge in [0.25, 0.3) is 11.6 Å². The summed E-state index contributed by atoms with van der Waals surface area (Å²) in [5, 5.41) is 13.8. The molecule has 3 heterocycles. The molecule has 34 heavy (non-hydrogen) atoms. The average Bonchev–Trinajstić information content (AvgIpc) is 2.82. The van der Waals surface area contributed by atoms with Gasteiger partial charge in [-0.05, 0) is 54.7 Å². The SMILES string of the molecule is COc1ccc(N2C(=O)NC(=O)[C@]3(Cc4cc([N+](=O)[O-])ccc4N4CC[C@@H](C)C[C@@H]43)C2=O)cc1. The Morgan fingerprint density at radius 1 is 1.15 bits per heavy atom. The molecule has 0 aromatic heterocycles. The molecule has 3 aliphatic heterocycles. The molecule has 3 atom stereocenters. The van der Waals surface area contributed by atoms with Gasteiger partial charge >= 0.3 is 6.03 Å². The number of ether oxygens (including phenoxy) is 1. The van der Waals surface area contributed by atoms with Gasteiger partial charge < -0.3 is 9.64 Å². The third-order valence-corrected chi connectivity index (χ3v) is 7.23. The van der Waals surface area contributed by atoms with Crippen molar-refractivity contribution in [2.45, 2.75) is 32.2 Å². The number of carbonyl (C=O) groups excluding carboxylic acids is 3. The lowest BCUT2D eigenvalue weighted by molar-refractivity contribution is -0.384. The fourth-order valence-electron chi connectivity index (χ4n) is 5.49. The van der Waals surface area contributed by atoms with Crippen LogP contribution in [0.3, 0.4) is 0 Å². The zero-order valence-electron chi connectivity index (χ0n) is 18.8. The minimum absolute atomic E-state index is 0.0253. The molecular formula is C24H24N4O6. The molecule has 1 N–H and O–H groups in total. The number of imide groups is 2.